The molecule has 2 N–H and O–H groups in total. The number of methoxy groups -OCH3 is 2. The van der Waals surface area contributed by atoms with Crippen LogP contribution in [0.4, 0.5) is 0 Å². The molecule has 2 heterocycles. The zero-order chi connectivity index (χ0) is 18.0. The van der Waals surface area contributed by atoms with Gasteiger partial charge in [0.05, 0.1) is 19.1 Å². The summed E-state index contributed by atoms with van der Waals surface area (Å²) in [6, 6.07) is 8.11. The van der Waals surface area contributed by atoms with Gasteiger partial charge in [0.2, 0.25) is 9.84 Å². The lowest BCUT2D eigenvalue weighted by atomic mass is 10.3. The molecule has 0 fully saturated rings. The third kappa shape index (κ3) is 2.94. The molecule has 8 heteroatoms. The first-order chi connectivity index (χ1) is 12.0. The van der Waals surface area contributed by atoms with Crippen LogP contribution in [-0.2, 0) is 16.4 Å². The SMILES string of the molecule is COc1ccc(OC)c(S(=O)(=O)c2cn(CCN)c3ncccc23)c1. The molecule has 1 aromatic carbocycles. The highest BCUT2D eigenvalue weighted by Gasteiger charge is 2.27. The van der Waals surface area contributed by atoms with E-state index in [1.807, 2.05) is 0 Å². The van der Waals surface area contributed by atoms with Gasteiger partial charge in [-0.25, -0.2) is 13.4 Å². The minimum atomic E-state index is -3.85. The minimum Gasteiger partial charge on any atom is -0.497 e. The summed E-state index contributed by atoms with van der Waals surface area (Å²) >= 11 is 0. The number of hydrogen-bond donors (Lipinski definition) is 1. The Hall–Kier alpha value is -2.58. The number of aromatic nitrogens is 2. The van der Waals surface area contributed by atoms with Gasteiger partial charge in [0.25, 0.3) is 0 Å². The molecule has 0 amide bonds. The molecule has 3 aromatic rings. The number of benzene rings is 1. The molecule has 3 rings (SSSR count). The predicted octanol–water partition coefficient (Wildman–Crippen LogP) is 1.84. The Morgan fingerprint density at radius 1 is 1.16 bits per heavy atom. The summed E-state index contributed by atoms with van der Waals surface area (Å²) in [6.45, 7) is 0.848. The fourth-order valence-corrected chi connectivity index (χ4v) is 4.37. The van der Waals surface area contributed by atoms with Crippen LogP contribution in [0.5, 0.6) is 11.5 Å². The van der Waals surface area contributed by atoms with Gasteiger partial charge < -0.3 is 19.8 Å². The van der Waals surface area contributed by atoms with Crippen molar-refractivity contribution < 1.29 is 17.9 Å². The van der Waals surface area contributed by atoms with Gasteiger partial charge in [-0.1, -0.05) is 0 Å². The summed E-state index contributed by atoms with van der Waals surface area (Å²) in [5, 5.41) is 0.542. The maximum Gasteiger partial charge on any atom is 0.212 e. The molecule has 25 heavy (non-hydrogen) atoms. The van der Waals surface area contributed by atoms with Gasteiger partial charge in [-0.15, -0.1) is 0 Å². The van der Waals surface area contributed by atoms with Crippen molar-refractivity contribution in [3.8, 4) is 11.5 Å². The number of nitrogens with two attached hydrogens (primary N) is 1. The maximum atomic E-state index is 13.3. The summed E-state index contributed by atoms with van der Waals surface area (Å²) in [4.78, 5) is 4.50. The molecule has 132 valence electrons. The first-order valence-electron chi connectivity index (χ1n) is 7.64. The van der Waals surface area contributed by atoms with Crippen molar-refractivity contribution in [2.45, 2.75) is 16.3 Å². The molecule has 0 bridgehead atoms. The topological polar surface area (TPSA) is 96.4 Å². The maximum absolute atomic E-state index is 13.3. The molecular formula is C17H19N3O4S. The second-order valence-corrected chi connectivity index (χ2v) is 7.26. The van der Waals surface area contributed by atoms with Crippen LogP contribution >= 0.6 is 0 Å². The number of pyridine rings is 1. The lowest BCUT2D eigenvalue weighted by Gasteiger charge is -2.10. The van der Waals surface area contributed by atoms with Crippen LogP contribution in [-0.4, -0.2) is 38.7 Å². The Labute approximate surface area is 145 Å². The monoisotopic (exact) mass is 361 g/mol. The summed E-state index contributed by atoms with van der Waals surface area (Å²) in [6.07, 6.45) is 3.19. The third-order valence-corrected chi connectivity index (χ3v) is 5.72. The van der Waals surface area contributed by atoms with E-state index in [2.05, 4.69) is 4.98 Å². The highest BCUT2D eigenvalue weighted by atomic mass is 32.2. The average Bonchev–Trinajstić information content (AvgIpc) is 3.01. The average molecular weight is 361 g/mol. The molecule has 0 saturated carbocycles. The van der Waals surface area contributed by atoms with Gasteiger partial charge in [0.1, 0.15) is 22.0 Å². The molecule has 0 aliphatic heterocycles. The first-order valence-corrected chi connectivity index (χ1v) is 9.12. The van der Waals surface area contributed by atoms with Gasteiger partial charge in [0, 0.05) is 36.9 Å². The highest BCUT2D eigenvalue weighted by Crippen LogP contribution is 2.35. The van der Waals surface area contributed by atoms with Crippen molar-refractivity contribution in [1.29, 1.82) is 0 Å². The van der Waals surface area contributed by atoms with Gasteiger partial charge >= 0.3 is 0 Å². The smallest absolute Gasteiger partial charge is 0.212 e. The summed E-state index contributed by atoms with van der Waals surface area (Å²) in [5.41, 5.74) is 6.21. The van der Waals surface area contributed by atoms with Gasteiger partial charge in [-0.2, -0.15) is 0 Å². The van der Waals surface area contributed by atoms with E-state index in [4.69, 9.17) is 15.2 Å². The Kier molecular flexibility index (Phi) is 4.65. The van der Waals surface area contributed by atoms with Crippen LogP contribution < -0.4 is 15.2 Å². The van der Waals surface area contributed by atoms with Crippen molar-refractivity contribution in [3.63, 3.8) is 0 Å². The largest absolute Gasteiger partial charge is 0.497 e. The number of sulfone groups is 1. The number of fused-ring (bicyclic) bond motifs is 1. The molecule has 0 spiro atoms. The zero-order valence-corrected chi connectivity index (χ0v) is 14.8. The van der Waals surface area contributed by atoms with Crippen molar-refractivity contribution in [1.82, 2.24) is 9.55 Å². The van der Waals surface area contributed by atoms with Gasteiger partial charge in [-0.3, -0.25) is 0 Å². The van der Waals surface area contributed by atoms with E-state index >= 15 is 0 Å². The number of rotatable bonds is 6. The normalized spacial score (nSPS) is 11.6. The second kappa shape index (κ2) is 6.73. The second-order valence-electron chi connectivity index (χ2n) is 5.37. The fraction of sp³-hybridized carbons (Fsp3) is 0.235. The van der Waals surface area contributed by atoms with E-state index in [1.165, 1.54) is 20.3 Å². The van der Waals surface area contributed by atoms with Crippen molar-refractivity contribution in [2.24, 2.45) is 5.73 Å². The van der Waals surface area contributed by atoms with Crippen LogP contribution in [0, 0.1) is 0 Å². The summed E-state index contributed by atoms with van der Waals surface area (Å²) in [7, 11) is -0.933. The number of ether oxygens (including phenoxy) is 2. The summed E-state index contributed by atoms with van der Waals surface area (Å²) < 4.78 is 38.8. The van der Waals surface area contributed by atoms with E-state index in [1.54, 1.807) is 41.2 Å². The van der Waals surface area contributed by atoms with Gasteiger partial charge in [-0.05, 0) is 24.3 Å². The van der Waals surface area contributed by atoms with E-state index in [0.717, 1.165) is 0 Å². The van der Waals surface area contributed by atoms with Crippen molar-refractivity contribution in [3.05, 3.63) is 42.7 Å². The van der Waals surface area contributed by atoms with E-state index < -0.39 is 9.84 Å². The Morgan fingerprint density at radius 3 is 2.64 bits per heavy atom. The standard InChI is InChI=1S/C17H19N3O4S/c1-23-12-5-6-14(24-2)15(10-12)25(21,22)16-11-20(9-7-18)17-13(16)4-3-8-19-17/h3-6,8,10-11H,7,9,18H2,1-2H3. The molecule has 0 aliphatic carbocycles. The fourth-order valence-electron chi connectivity index (χ4n) is 2.73. The molecule has 2 aromatic heterocycles. The minimum absolute atomic E-state index is 0.0463. The Balaban J connectivity index is 2.27. The number of hydrogen-bond acceptors (Lipinski definition) is 6. The summed E-state index contributed by atoms with van der Waals surface area (Å²) in [5.74, 6) is 0.688. The lowest BCUT2D eigenvalue weighted by molar-refractivity contribution is 0.392. The third-order valence-electron chi connectivity index (χ3n) is 3.92. The first kappa shape index (κ1) is 17.2. The van der Waals surface area contributed by atoms with Crippen LogP contribution in [0.2, 0.25) is 0 Å². The predicted molar refractivity (Wildman–Crippen MR) is 93.8 cm³/mol. The van der Waals surface area contributed by atoms with Crippen LogP contribution in [0.1, 0.15) is 0 Å². The Bertz CT molecular complexity index is 1010. The quantitative estimate of drug-likeness (QED) is 0.720. The van der Waals surface area contributed by atoms with E-state index in [-0.39, 0.29) is 15.5 Å². The van der Waals surface area contributed by atoms with Crippen molar-refractivity contribution >= 4 is 20.9 Å². The lowest BCUT2D eigenvalue weighted by Crippen LogP contribution is -2.09. The molecule has 0 unspecified atom stereocenters. The van der Waals surface area contributed by atoms with Crippen molar-refractivity contribution in [2.75, 3.05) is 20.8 Å². The zero-order valence-electron chi connectivity index (χ0n) is 14.0. The Morgan fingerprint density at radius 2 is 1.96 bits per heavy atom. The van der Waals surface area contributed by atoms with Crippen LogP contribution in [0.15, 0.2) is 52.5 Å². The molecule has 0 aliphatic rings. The molecule has 0 saturated heterocycles. The van der Waals surface area contributed by atoms with Gasteiger partial charge in [0.15, 0.2) is 0 Å². The van der Waals surface area contributed by atoms with Crippen LogP contribution in [0.25, 0.3) is 11.0 Å². The highest BCUT2D eigenvalue weighted by molar-refractivity contribution is 7.91. The van der Waals surface area contributed by atoms with E-state index in [9.17, 15) is 8.42 Å². The molecular weight excluding hydrogens is 342 g/mol. The number of nitrogens with zero attached hydrogens (tertiary/aromatic N) is 2. The van der Waals surface area contributed by atoms with Crippen LogP contribution in [0.3, 0.4) is 0 Å². The molecule has 0 radical (unpaired) electrons. The molecule has 0 atom stereocenters. The van der Waals surface area contributed by atoms with E-state index in [0.29, 0.717) is 29.9 Å². The molecule has 7 nitrogen and oxygen atoms in total.